The molecular weight excluding hydrogens is 1050 g/mol. The number of rotatable bonds is 53. The van der Waals surface area contributed by atoms with Crippen LogP contribution in [0.4, 0.5) is 0 Å². The predicted molar refractivity (Wildman–Crippen MR) is 334 cm³/mol. The van der Waals surface area contributed by atoms with Gasteiger partial charge in [0, 0.05) is 13.0 Å². The Morgan fingerprint density at radius 3 is 1.23 bits per heavy atom. The minimum Gasteiger partial charge on any atom is -0.457 e. The molecule has 2 saturated heterocycles. The van der Waals surface area contributed by atoms with Gasteiger partial charge < -0.3 is 64.2 Å². The third-order valence-electron chi connectivity index (χ3n) is 15.1. The molecule has 14 heteroatoms. The van der Waals surface area contributed by atoms with Crippen molar-refractivity contribution < 1.29 is 69.0 Å². The molecule has 83 heavy (non-hydrogen) atoms. The lowest BCUT2D eigenvalue weighted by atomic mass is 9.98. The normalized spacial score (nSPS) is 24.1. The van der Waals surface area contributed by atoms with Crippen LogP contribution in [0.2, 0.25) is 0 Å². The maximum Gasteiger partial charge on any atom is 0.306 e. The third-order valence-corrected chi connectivity index (χ3v) is 15.1. The van der Waals surface area contributed by atoms with Gasteiger partial charge >= 0.3 is 5.97 Å². The van der Waals surface area contributed by atoms with Crippen LogP contribution in [0.3, 0.4) is 0 Å². The number of esters is 1. The van der Waals surface area contributed by atoms with Gasteiger partial charge in [0.2, 0.25) is 0 Å². The highest BCUT2D eigenvalue weighted by molar-refractivity contribution is 5.69. The third kappa shape index (κ3) is 40.1. The van der Waals surface area contributed by atoms with Gasteiger partial charge in [0.05, 0.1) is 26.4 Å². The molecule has 0 aliphatic carbocycles. The predicted octanol–water partition coefficient (Wildman–Crippen LogP) is 13.3. The first kappa shape index (κ1) is 76.0. The fourth-order valence-corrected chi connectivity index (χ4v) is 9.85. The maximum atomic E-state index is 13.1. The second-order valence-electron chi connectivity index (χ2n) is 22.6. The quantitative estimate of drug-likeness (QED) is 0.0172. The largest absolute Gasteiger partial charge is 0.457 e. The standard InChI is InChI=1S/C69H118O14/c1-3-5-7-9-11-13-15-17-19-21-23-25-27-29-30-32-34-36-38-40-42-44-46-48-50-52-61(71)81-58(56-79-68-67(77)65(75)63(73)60(83-68)57-80-69-66(76)64(74)62(72)59(54-70)82-69)55-78-53-51-49-47-45-43-41-39-37-35-33-31-28-26-24-22-20-18-16-14-12-10-8-6-4-2/h6,8,12,14-15,17-18,20-21,23-24,26,31,33,37,39,58-60,62-70,72-77H,3-5,7,9-11,13,16,19,22,25,27-30,32,34-36,38,40-57H2,1-2H3/b8-6-,14-12-,17-15-,20-18-,23-21-,26-24-,33-31-,39-37-. The van der Waals surface area contributed by atoms with Gasteiger partial charge in [-0.1, -0.05) is 227 Å². The molecule has 0 aromatic rings. The first-order valence-electron chi connectivity index (χ1n) is 32.8. The number of ether oxygens (including phenoxy) is 6. The number of aliphatic hydroxyl groups is 7. The highest BCUT2D eigenvalue weighted by Gasteiger charge is 2.47. The van der Waals surface area contributed by atoms with Crippen LogP contribution in [0.25, 0.3) is 0 Å². The SMILES string of the molecule is CC/C=C\C/C=C\C/C=C\C/C=C\C/C=C\C/C=C\CCCCCCCOCC(COC1OC(COC2OC(CO)C(O)C(O)C2O)C(O)C(O)C1O)OC(=O)CCCCCCCCCCCCCCC/C=C\C/C=C\CCCCCCC. The van der Waals surface area contributed by atoms with Crippen LogP contribution in [0.1, 0.15) is 232 Å². The first-order chi connectivity index (χ1) is 40.6. The van der Waals surface area contributed by atoms with E-state index in [1.165, 1.54) is 103 Å². The van der Waals surface area contributed by atoms with E-state index in [0.717, 1.165) is 103 Å². The van der Waals surface area contributed by atoms with Gasteiger partial charge in [-0.15, -0.1) is 0 Å². The fraction of sp³-hybridized carbons (Fsp3) is 0.754. The molecule has 0 saturated carbocycles. The monoisotopic (exact) mass is 1170 g/mol. The van der Waals surface area contributed by atoms with Crippen molar-refractivity contribution in [1.29, 1.82) is 0 Å². The second kappa shape index (κ2) is 54.3. The molecule has 2 fully saturated rings. The summed E-state index contributed by atoms with van der Waals surface area (Å²) in [6, 6.07) is 0. The van der Waals surface area contributed by atoms with Gasteiger partial charge in [-0.2, -0.15) is 0 Å². The van der Waals surface area contributed by atoms with Gasteiger partial charge in [0.1, 0.15) is 54.9 Å². The zero-order valence-electron chi connectivity index (χ0n) is 51.7. The minimum atomic E-state index is -1.72. The molecular formula is C69H118O14. The number of aliphatic hydroxyl groups excluding tert-OH is 7. The summed E-state index contributed by atoms with van der Waals surface area (Å²) in [4.78, 5) is 13.1. The average molecular weight is 1170 g/mol. The van der Waals surface area contributed by atoms with Crippen LogP contribution < -0.4 is 0 Å². The Bertz CT molecular complexity index is 1740. The van der Waals surface area contributed by atoms with Gasteiger partial charge in [-0.05, 0) is 96.3 Å². The number of hydrogen-bond donors (Lipinski definition) is 7. The topological polar surface area (TPSA) is 214 Å². The number of allylic oxidation sites excluding steroid dienone is 16. The highest BCUT2D eigenvalue weighted by Crippen LogP contribution is 2.27. The molecule has 0 bridgehead atoms. The van der Waals surface area contributed by atoms with Gasteiger partial charge in [0.25, 0.3) is 0 Å². The van der Waals surface area contributed by atoms with Crippen molar-refractivity contribution >= 4 is 5.97 Å². The Kier molecular flexibility index (Phi) is 49.7. The van der Waals surface area contributed by atoms with Crippen LogP contribution in [0.15, 0.2) is 97.2 Å². The van der Waals surface area contributed by atoms with Crippen molar-refractivity contribution in [2.75, 3.05) is 33.0 Å². The van der Waals surface area contributed by atoms with E-state index in [1.54, 1.807) is 0 Å². The molecule has 11 atom stereocenters. The van der Waals surface area contributed by atoms with E-state index in [2.05, 4.69) is 111 Å². The zero-order valence-corrected chi connectivity index (χ0v) is 51.7. The van der Waals surface area contributed by atoms with Crippen LogP contribution in [0.5, 0.6) is 0 Å². The molecule has 0 aromatic heterocycles. The second-order valence-corrected chi connectivity index (χ2v) is 22.6. The molecule has 2 aliphatic rings. The van der Waals surface area contributed by atoms with Crippen LogP contribution in [-0.2, 0) is 33.2 Å². The molecule has 2 heterocycles. The van der Waals surface area contributed by atoms with Crippen molar-refractivity contribution in [2.45, 2.75) is 300 Å². The first-order valence-corrected chi connectivity index (χ1v) is 32.8. The average Bonchev–Trinajstić information content (AvgIpc) is 3.67. The van der Waals surface area contributed by atoms with Gasteiger partial charge in [-0.25, -0.2) is 0 Å². The summed E-state index contributed by atoms with van der Waals surface area (Å²) < 4.78 is 34.5. The van der Waals surface area contributed by atoms with Crippen LogP contribution in [-0.4, -0.2) is 142 Å². The molecule has 11 unspecified atom stereocenters. The summed E-state index contributed by atoms with van der Waals surface area (Å²) in [5, 5.41) is 72.6. The van der Waals surface area contributed by atoms with Crippen molar-refractivity contribution in [3.8, 4) is 0 Å². The molecule has 2 aliphatic heterocycles. The van der Waals surface area contributed by atoms with Crippen molar-refractivity contribution in [3.05, 3.63) is 97.2 Å². The summed E-state index contributed by atoms with van der Waals surface area (Å²) in [5.74, 6) is -0.386. The van der Waals surface area contributed by atoms with Crippen LogP contribution >= 0.6 is 0 Å². The van der Waals surface area contributed by atoms with Gasteiger partial charge in [-0.3, -0.25) is 4.79 Å². The summed E-state index contributed by atoms with van der Waals surface area (Å²) in [7, 11) is 0. The summed E-state index contributed by atoms with van der Waals surface area (Å²) >= 11 is 0. The molecule has 0 spiro atoms. The van der Waals surface area contributed by atoms with Crippen molar-refractivity contribution in [2.24, 2.45) is 0 Å². The Labute approximate surface area is 502 Å². The van der Waals surface area contributed by atoms with Crippen molar-refractivity contribution in [1.82, 2.24) is 0 Å². The van der Waals surface area contributed by atoms with E-state index in [9.17, 15) is 40.5 Å². The van der Waals surface area contributed by atoms with Crippen molar-refractivity contribution in [3.63, 3.8) is 0 Å². The Hall–Kier alpha value is -3.09. The van der Waals surface area contributed by atoms with Crippen LogP contribution in [0, 0.1) is 0 Å². The Morgan fingerprint density at radius 2 is 0.783 bits per heavy atom. The van der Waals surface area contributed by atoms with E-state index < -0.39 is 80.7 Å². The fourth-order valence-electron chi connectivity index (χ4n) is 9.85. The van der Waals surface area contributed by atoms with Gasteiger partial charge in [0.15, 0.2) is 12.6 Å². The smallest absolute Gasteiger partial charge is 0.306 e. The molecule has 0 radical (unpaired) electrons. The Morgan fingerprint density at radius 1 is 0.410 bits per heavy atom. The van der Waals surface area contributed by atoms with E-state index in [-0.39, 0.29) is 25.6 Å². The summed E-state index contributed by atoms with van der Waals surface area (Å²) in [6.07, 6.45) is 57.5. The number of carbonyl (C=O) groups is 1. The summed E-state index contributed by atoms with van der Waals surface area (Å²) in [5.41, 5.74) is 0. The summed E-state index contributed by atoms with van der Waals surface area (Å²) in [6.45, 7) is 3.53. The molecule has 2 rings (SSSR count). The molecule has 0 amide bonds. The molecule has 7 N–H and O–H groups in total. The molecule has 0 aromatic carbocycles. The molecule has 478 valence electrons. The number of hydrogen-bond acceptors (Lipinski definition) is 14. The molecule has 14 nitrogen and oxygen atoms in total. The van der Waals surface area contributed by atoms with E-state index in [4.69, 9.17) is 28.4 Å². The lowest BCUT2D eigenvalue weighted by molar-refractivity contribution is -0.332. The minimum absolute atomic E-state index is 0.0430. The number of carbonyl (C=O) groups excluding carboxylic acids is 1. The van der Waals surface area contributed by atoms with E-state index in [0.29, 0.717) is 13.0 Å². The van der Waals surface area contributed by atoms with E-state index in [1.807, 2.05) is 0 Å². The lowest BCUT2D eigenvalue weighted by Gasteiger charge is -2.42. The zero-order chi connectivity index (χ0) is 60.1. The number of unbranched alkanes of at least 4 members (excludes halogenated alkanes) is 23. The highest BCUT2D eigenvalue weighted by atomic mass is 16.7. The maximum absolute atomic E-state index is 13.1. The Balaban J connectivity index is 1.68. The van der Waals surface area contributed by atoms with E-state index >= 15 is 0 Å². The lowest BCUT2D eigenvalue weighted by Crippen LogP contribution is -2.61.